The minimum absolute atomic E-state index is 0.102. The van der Waals surface area contributed by atoms with Gasteiger partial charge in [-0.25, -0.2) is 4.57 Å². The normalized spacial score (nSPS) is 22.2. The Balaban J connectivity index is 2.43. The molecule has 60 heavy (non-hydrogen) atoms. The second kappa shape index (κ2) is 37.0. The summed E-state index contributed by atoms with van der Waals surface area (Å²) >= 11 is 0. The van der Waals surface area contributed by atoms with E-state index in [0.717, 1.165) is 51.4 Å². The third-order valence-electron chi connectivity index (χ3n) is 11.4. The molecule has 354 valence electrons. The van der Waals surface area contributed by atoms with Gasteiger partial charge in [0, 0.05) is 12.8 Å². The van der Waals surface area contributed by atoms with Gasteiger partial charge < -0.3 is 39.9 Å². The molecule has 0 saturated heterocycles. The van der Waals surface area contributed by atoms with Crippen LogP contribution < -0.4 is 0 Å². The SMILES string of the molecule is CCCCCC/C=C/CCCCCCCCCC(=O)OC[C@H](COP(=O)(O)OC1C(O)C(O)C(O)[C@@H](O)C1O)OC(=O)CCCCCCCCCCCCCCCCCC. The summed E-state index contributed by atoms with van der Waals surface area (Å²) in [6, 6.07) is 0. The quantitative estimate of drug-likeness (QED) is 0.0147. The number of hydrogen-bond donors (Lipinski definition) is 6. The maximum atomic E-state index is 12.8. The van der Waals surface area contributed by atoms with E-state index in [0.29, 0.717) is 12.8 Å². The molecule has 0 spiro atoms. The van der Waals surface area contributed by atoms with Gasteiger partial charge in [-0.15, -0.1) is 0 Å². The summed E-state index contributed by atoms with van der Waals surface area (Å²) in [6.07, 6.45) is 25.4. The van der Waals surface area contributed by atoms with Gasteiger partial charge in [0.25, 0.3) is 0 Å². The molecule has 14 heteroatoms. The molecule has 0 aliphatic heterocycles. The highest BCUT2D eigenvalue weighted by molar-refractivity contribution is 7.47. The first-order valence-corrected chi connectivity index (χ1v) is 25.5. The highest BCUT2D eigenvalue weighted by atomic mass is 31.2. The van der Waals surface area contributed by atoms with Crippen molar-refractivity contribution in [1.29, 1.82) is 0 Å². The number of rotatable bonds is 40. The van der Waals surface area contributed by atoms with E-state index >= 15 is 0 Å². The van der Waals surface area contributed by atoms with Crippen LogP contribution in [0.5, 0.6) is 0 Å². The highest BCUT2D eigenvalue weighted by Crippen LogP contribution is 2.47. The fourth-order valence-electron chi connectivity index (χ4n) is 7.46. The van der Waals surface area contributed by atoms with Crippen molar-refractivity contribution in [3.63, 3.8) is 0 Å². The fourth-order valence-corrected chi connectivity index (χ4v) is 8.43. The third-order valence-corrected chi connectivity index (χ3v) is 12.3. The van der Waals surface area contributed by atoms with Gasteiger partial charge in [0.05, 0.1) is 6.61 Å². The Morgan fingerprint density at radius 3 is 1.28 bits per heavy atom. The highest BCUT2D eigenvalue weighted by Gasteiger charge is 2.51. The summed E-state index contributed by atoms with van der Waals surface area (Å²) in [5.74, 6) is -1.09. The first kappa shape index (κ1) is 56.6. The van der Waals surface area contributed by atoms with Crippen molar-refractivity contribution in [2.45, 2.75) is 256 Å². The molecule has 0 radical (unpaired) electrons. The lowest BCUT2D eigenvalue weighted by atomic mass is 9.85. The molecule has 6 unspecified atom stereocenters. The molecule has 1 aliphatic carbocycles. The second-order valence-electron chi connectivity index (χ2n) is 17.0. The van der Waals surface area contributed by atoms with Gasteiger partial charge in [-0.1, -0.05) is 174 Å². The average Bonchev–Trinajstić information content (AvgIpc) is 3.23. The molecule has 0 aromatic carbocycles. The lowest BCUT2D eigenvalue weighted by Crippen LogP contribution is -2.64. The van der Waals surface area contributed by atoms with E-state index in [-0.39, 0.29) is 12.8 Å². The summed E-state index contributed by atoms with van der Waals surface area (Å²) < 4.78 is 33.6. The lowest BCUT2D eigenvalue weighted by molar-refractivity contribution is -0.220. The number of aliphatic hydroxyl groups excluding tert-OH is 5. The lowest BCUT2D eigenvalue weighted by Gasteiger charge is -2.41. The number of phosphoric ester groups is 1. The summed E-state index contributed by atoms with van der Waals surface area (Å²) in [7, 11) is -5.11. The Morgan fingerprint density at radius 2 is 0.850 bits per heavy atom. The number of phosphoric acid groups is 1. The van der Waals surface area contributed by atoms with Crippen LogP contribution in [0.25, 0.3) is 0 Å². The second-order valence-corrected chi connectivity index (χ2v) is 18.4. The average molecular weight is 879 g/mol. The Hall–Kier alpha value is -1.41. The van der Waals surface area contributed by atoms with E-state index in [1.54, 1.807) is 0 Å². The monoisotopic (exact) mass is 879 g/mol. The molecular weight excluding hydrogens is 791 g/mol. The van der Waals surface area contributed by atoms with Crippen molar-refractivity contribution in [3.8, 4) is 0 Å². The summed E-state index contributed by atoms with van der Waals surface area (Å²) in [5, 5.41) is 50.2. The topological polar surface area (TPSA) is 210 Å². The standard InChI is InChI=1S/C46H87O13P/c1-3-5-7-9-11-13-15-17-19-21-23-25-27-29-31-33-35-40(48)58-38(37-57-60(54,55)59-46-44(52)42(50)41(49)43(51)45(46)53)36-56-39(47)34-32-30-28-26-24-22-20-18-16-14-12-10-8-6-4-2/h14,16,38,41-46,49-53H,3-13,15,17-37H2,1-2H3,(H,54,55)/b16-14+/t38-,41?,42-,43?,44?,45?,46?/m1/s1. The molecule has 0 heterocycles. The number of esters is 2. The van der Waals surface area contributed by atoms with Crippen LogP contribution in [0.15, 0.2) is 12.2 Å². The smallest absolute Gasteiger partial charge is 0.462 e. The van der Waals surface area contributed by atoms with E-state index in [4.69, 9.17) is 18.5 Å². The van der Waals surface area contributed by atoms with Gasteiger partial charge in [-0.3, -0.25) is 18.6 Å². The molecule has 0 aromatic heterocycles. The van der Waals surface area contributed by atoms with Crippen LogP contribution in [0, 0.1) is 0 Å². The number of aliphatic hydroxyl groups is 5. The Kier molecular flexibility index (Phi) is 34.9. The predicted molar refractivity (Wildman–Crippen MR) is 235 cm³/mol. The molecule has 0 amide bonds. The summed E-state index contributed by atoms with van der Waals surface area (Å²) in [6.45, 7) is 3.30. The van der Waals surface area contributed by atoms with Crippen molar-refractivity contribution in [1.82, 2.24) is 0 Å². The van der Waals surface area contributed by atoms with Crippen LogP contribution in [0.4, 0.5) is 0 Å². The third kappa shape index (κ3) is 29.0. The maximum absolute atomic E-state index is 12.8. The fraction of sp³-hybridized carbons (Fsp3) is 0.913. The predicted octanol–water partition coefficient (Wildman–Crippen LogP) is 9.45. The number of unbranched alkanes of at least 4 members (excludes halogenated alkanes) is 26. The van der Waals surface area contributed by atoms with E-state index in [1.165, 1.54) is 122 Å². The molecule has 1 saturated carbocycles. The Morgan fingerprint density at radius 1 is 0.500 bits per heavy atom. The first-order valence-electron chi connectivity index (χ1n) is 24.0. The van der Waals surface area contributed by atoms with Crippen LogP contribution >= 0.6 is 7.82 Å². The molecule has 6 N–H and O–H groups in total. The van der Waals surface area contributed by atoms with E-state index < -0.39 is 75.7 Å². The molecule has 13 nitrogen and oxygen atoms in total. The minimum atomic E-state index is -5.11. The van der Waals surface area contributed by atoms with Gasteiger partial charge in [-0.05, 0) is 38.5 Å². The summed E-state index contributed by atoms with van der Waals surface area (Å²) in [5.41, 5.74) is 0. The van der Waals surface area contributed by atoms with Gasteiger partial charge >= 0.3 is 19.8 Å². The zero-order valence-electron chi connectivity index (χ0n) is 37.5. The van der Waals surface area contributed by atoms with Crippen molar-refractivity contribution in [2.75, 3.05) is 13.2 Å². The van der Waals surface area contributed by atoms with Gasteiger partial charge in [-0.2, -0.15) is 0 Å². The minimum Gasteiger partial charge on any atom is -0.462 e. The molecule has 1 fully saturated rings. The van der Waals surface area contributed by atoms with Crippen molar-refractivity contribution in [2.24, 2.45) is 0 Å². The van der Waals surface area contributed by atoms with Crippen LogP contribution in [-0.4, -0.2) is 98.3 Å². The number of hydrogen-bond acceptors (Lipinski definition) is 12. The van der Waals surface area contributed by atoms with Crippen LogP contribution in [0.3, 0.4) is 0 Å². The summed E-state index contributed by atoms with van der Waals surface area (Å²) in [4.78, 5) is 35.7. The Labute approximate surface area is 363 Å². The zero-order chi connectivity index (χ0) is 44.3. The largest absolute Gasteiger partial charge is 0.472 e. The van der Waals surface area contributed by atoms with Gasteiger partial charge in [0.2, 0.25) is 0 Å². The Bertz CT molecular complexity index is 1110. The van der Waals surface area contributed by atoms with Gasteiger partial charge in [0.15, 0.2) is 6.10 Å². The first-order chi connectivity index (χ1) is 28.9. The number of allylic oxidation sites excluding steroid dienone is 2. The molecule has 1 rings (SSSR count). The number of carbonyl (C=O) groups excluding carboxylic acids is 2. The maximum Gasteiger partial charge on any atom is 0.472 e. The molecule has 0 aromatic rings. The zero-order valence-corrected chi connectivity index (χ0v) is 38.4. The molecule has 8 atom stereocenters. The molecule has 1 aliphatic rings. The van der Waals surface area contributed by atoms with Crippen molar-refractivity contribution < 1.29 is 63.1 Å². The molecule has 0 bridgehead atoms. The van der Waals surface area contributed by atoms with Crippen LogP contribution in [0.2, 0.25) is 0 Å². The van der Waals surface area contributed by atoms with Crippen molar-refractivity contribution >= 4 is 19.8 Å². The van der Waals surface area contributed by atoms with E-state index in [9.17, 15) is 44.6 Å². The molecular formula is C46H87O13P. The number of carbonyl (C=O) groups is 2. The number of ether oxygens (including phenoxy) is 2. The van der Waals surface area contributed by atoms with Crippen molar-refractivity contribution in [3.05, 3.63) is 12.2 Å². The van der Waals surface area contributed by atoms with E-state index in [2.05, 4.69) is 26.0 Å². The van der Waals surface area contributed by atoms with E-state index in [1.807, 2.05) is 0 Å². The van der Waals surface area contributed by atoms with Crippen LogP contribution in [-0.2, 0) is 32.7 Å². The van der Waals surface area contributed by atoms with Crippen LogP contribution in [0.1, 0.15) is 213 Å². The van der Waals surface area contributed by atoms with Gasteiger partial charge in [0.1, 0.15) is 43.2 Å².